The van der Waals surface area contributed by atoms with E-state index in [2.05, 4.69) is 15.5 Å². The second-order valence-corrected chi connectivity index (χ2v) is 7.91. The third-order valence-electron chi connectivity index (χ3n) is 4.93. The second-order valence-electron chi connectivity index (χ2n) is 6.57. The molecule has 1 aliphatic carbocycles. The first kappa shape index (κ1) is 18.3. The van der Waals surface area contributed by atoms with Crippen molar-refractivity contribution in [1.29, 1.82) is 0 Å². The number of rotatable bonds is 5. The SMILES string of the molecule is C[C@H](C(=O)N[C@H]1CCCCC[C@@H]1CO)n1c(-c2cccs2)n[nH]c1=S. The van der Waals surface area contributed by atoms with E-state index >= 15 is 0 Å². The molecule has 136 valence electrons. The third kappa shape index (κ3) is 4.02. The van der Waals surface area contributed by atoms with Crippen LogP contribution in [0.5, 0.6) is 0 Å². The first-order chi connectivity index (χ1) is 12.1. The lowest BCUT2D eigenvalue weighted by molar-refractivity contribution is -0.125. The molecule has 0 saturated heterocycles. The number of amides is 1. The number of carbonyl (C=O) groups is 1. The summed E-state index contributed by atoms with van der Waals surface area (Å²) in [5.41, 5.74) is 0. The number of hydrogen-bond acceptors (Lipinski definition) is 5. The van der Waals surface area contributed by atoms with Crippen molar-refractivity contribution in [3.63, 3.8) is 0 Å². The quantitative estimate of drug-likeness (QED) is 0.549. The van der Waals surface area contributed by atoms with Gasteiger partial charge in [-0.15, -0.1) is 11.3 Å². The minimum atomic E-state index is -0.467. The molecule has 25 heavy (non-hydrogen) atoms. The summed E-state index contributed by atoms with van der Waals surface area (Å²) in [5, 5.41) is 21.9. The predicted molar refractivity (Wildman–Crippen MR) is 101 cm³/mol. The van der Waals surface area contributed by atoms with Crippen molar-refractivity contribution in [2.45, 2.75) is 51.1 Å². The van der Waals surface area contributed by atoms with Crippen molar-refractivity contribution in [2.75, 3.05) is 6.61 Å². The van der Waals surface area contributed by atoms with Crippen LogP contribution in [0.15, 0.2) is 17.5 Å². The molecule has 0 radical (unpaired) electrons. The highest BCUT2D eigenvalue weighted by molar-refractivity contribution is 7.71. The van der Waals surface area contributed by atoms with Crippen LogP contribution in [-0.2, 0) is 4.79 Å². The summed E-state index contributed by atoms with van der Waals surface area (Å²) in [6, 6.07) is 3.47. The van der Waals surface area contributed by atoms with Crippen LogP contribution in [0.4, 0.5) is 0 Å². The van der Waals surface area contributed by atoms with E-state index in [0.717, 1.165) is 37.0 Å². The molecule has 1 saturated carbocycles. The molecule has 1 aliphatic rings. The van der Waals surface area contributed by atoms with E-state index in [1.165, 1.54) is 0 Å². The Bertz CT molecular complexity index is 753. The maximum Gasteiger partial charge on any atom is 0.243 e. The Labute approximate surface area is 156 Å². The van der Waals surface area contributed by atoms with Gasteiger partial charge in [0.1, 0.15) is 6.04 Å². The van der Waals surface area contributed by atoms with Gasteiger partial charge < -0.3 is 10.4 Å². The number of thiophene rings is 1. The van der Waals surface area contributed by atoms with Gasteiger partial charge in [-0.3, -0.25) is 14.5 Å². The molecule has 8 heteroatoms. The monoisotopic (exact) mass is 380 g/mol. The molecule has 3 atom stereocenters. The lowest BCUT2D eigenvalue weighted by atomic mass is 9.95. The van der Waals surface area contributed by atoms with Gasteiger partial charge in [-0.05, 0) is 43.4 Å². The van der Waals surface area contributed by atoms with Crippen LogP contribution in [-0.4, -0.2) is 38.4 Å². The molecule has 2 aromatic heterocycles. The van der Waals surface area contributed by atoms with E-state index in [9.17, 15) is 9.90 Å². The normalized spacial score (nSPS) is 22.3. The number of nitrogens with one attached hydrogen (secondary N) is 2. The van der Waals surface area contributed by atoms with Gasteiger partial charge in [0.25, 0.3) is 0 Å². The lowest BCUT2D eigenvalue weighted by Gasteiger charge is -2.26. The highest BCUT2D eigenvalue weighted by atomic mass is 32.1. The number of aromatic amines is 1. The molecular formula is C17H24N4O2S2. The molecule has 2 aromatic rings. The average molecular weight is 381 g/mol. The van der Waals surface area contributed by atoms with E-state index in [1.807, 2.05) is 24.4 Å². The highest BCUT2D eigenvalue weighted by Gasteiger charge is 2.28. The van der Waals surface area contributed by atoms with Gasteiger partial charge in [0.2, 0.25) is 5.91 Å². The van der Waals surface area contributed by atoms with Gasteiger partial charge in [0.15, 0.2) is 10.6 Å². The summed E-state index contributed by atoms with van der Waals surface area (Å²) in [4.78, 5) is 13.8. The Kier molecular flexibility index (Phi) is 6.03. The third-order valence-corrected chi connectivity index (χ3v) is 6.09. The van der Waals surface area contributed by atoms with Crippen LogP contribution in [0.1, 0.15) is 45.1 Å². The van der Waals surface area contributed by atoms with Crippen molar-refractivity contribution in [2.24, 2.45) is 5.92 Å². The summed E-state index contributed by atoms with van der Waals surface area (Å²) in [7, 11) is 0. The largest absolute Gasteiger partial charge is 0.396 e. The summed E-state index contributed by atoms with van der Waals surface area (Å²) in [5.74, 6) is 0.732. The van der Waals surface area contributed by atoms with E-state index < -0.39 is 6.04 Å². The summed E-state index contributed by atoms with van der Waals surface area (Å²) in [6.07, 6.45) is 5.23. The van der Waals surface area contributed by atoms with E-state index in [1.54, 1.807) is 15.9 Å². The first-order valence-corrected chi connectivity index (χ1v) is 10.0. The number of aliphatic hydroxyl groups excluding tert-OH is 1. The average Bonchev–Trinajstić information content (AvgIpc) is 3.20. The fraction of sp³-hybridized carbons (Fsp3) is 0.588. The highest BCUT2D eigenvalue weighted by Crippen LogP contribution is 2.27. The maximum atomic E-state index is 12.9. The van der Waals surface area contributed by atoms with Crippen LogP contribution >= 0.6 is 23.6 Å². The van der Waals surface area contributed by atoms with Crippen molar-refractivity contribution in [3.8, 4) is 10.7 Å². The molecule has 3 rings (SSSR count). The van der Waals surface area contributed by atoms with E-state index in [0.29, 0.717) is 10.6 Å². The molecule has 1 amide bonds. The van der Waals surface area contributed by atoms with Crippen LogP contribution in [0.2, 0.25) is 0 Å². The summed E-state index contributed by atoms with van der Waals surface area (Å²) < 4.78 is 2.20. The minimum absolute atomic E-state index is 0.0220. The Hall–Kier alpha value is -1.51. The van der Waals surface area contributed by atoms with Crippen molar-refractivity contribution >= 4 is 29.5 Å². The number of nitrogens with zero attached hydrogens (tertiary/aromatic N) is 2. The smallest absolute Gasteiger partial charge is 0.243 e. The number of aromatic nitrogens is 3. The zero-order valence-electron chi connectivity index (χ0n) is 14.3. The van der Waals surface area contributed by atoms with Gasteiger partial charge in [-0.25, -0.2) is 0 Å². The van der Waals surface area contributed by atoms with Crippen molar-refractivity contribution in [3.05, 3.63) is 22.3 Å². The van der Waals surface area contributed by atoms with Gasteiger partial charge in [-0.1, -0.05) is 25.3 Å². The molecular weight excluding hydrogens is 356 g/mol. The molecule has 0 aromatic carbocycles. The fourth-order valence-electron chi connectivity index (χ4n) is 3.46. The minimum Gasteiger partial charge on any atom is -0.396 e. The zero-order chi connectivity index (χ0) is 17.8. The number of carbonyl (C=O) groups excluding carboxylic acids is 1. The Morgan fingerprint density at radius 1 is 1.52 bits per heavy atom. The summed E-state index contributed by atoms with van der Waals surface area (Å²) in [6.45, 7) is 1.95. The topological polar surface area (TPSA) is 82.9 Å². The maximum absolute atomic E-state index is 12.9. The molecule has 0 spiro atoms. The van der Waals surface area contributed by atoms with Crippen LogP contribution in [0.3, 0.4) is 0 Å². The molecule has 0 bridgehead atoms. The van der Waals surface area contributed by atoms with Gasteiger partial charge in [-0.2, -0.15) is 5.10 Å². The van der Waals surface area contributed by atoms with Crippen molar-refractivity contribution in [1.82, 2.24) is 20.1 Å². The predicted octanol–water partition coefficient (Wildman–Crippen LogP) is 3.29. The van der Waals surface area contributed by atoms with Crippen molar-refractivity contribution < 1.29 is 9.90 Å². The molecule has 3 N–H and O–H groups in total. The molecule has 0 aliphatic heterocycles. The Morgan fingerprint density at radius 2 is 2.32 bits per heavy atom. The fourth-order valence-corrected chi connectivity index (χ4v) is 4.46. The van der Waals surface area contributed by atoms with Gasteiger partial charge >= 0.3 is 0 Å². The second kappa shape index (κ2) is 8.25. The van der Waals surface area contributed by atoms with Crippen LogP contribution in [0.25, 0.3) is 10.7 Å². The van der Waals surface area contributed by atoms with E-state index in [-0.39, 0.29) is 24.5 Å². The number of aliphatic hydroxyl groups is 1. The van der Waals surface area contributed by atoms with Gasteiger partial charge in [0, 0.05) is 18.6 Å². The molecule has 6 nitrogen and oxygen atoms in total. The first-order valence-electron chi connectivity index (χ1n) is 8.74. The molecule has 1 fully saturated rings. The van der Waals surface area contributed by atoms with Gasteiger partial charge in [0.05, 0.1) is 4.88 Å². The van der Waals surface area contributed by atoms with E-state index in [4.69, 9.17) is 12.2 Å². The zero-order valence-corrected chi connectivity index (χ0v) is 15.9. The van der Waals surface area contributed by atoms with Crippen LogP contribution < -0.4 is 5.32 Å². The standard InChI is InChI=1S/C17H24N4O2S2/c1-11(16(23)18-13-7-4-2-3-6-12(13)10-22)21-15(19-20-17(21)24)14-8-5-9-25-14/h5,8-9,11-13,22H,2-4,6-7,10H2,1H3,(H,18,23)(H,20,24)/t11-,12-,13+/m1/s1. The molecule has 0 unspecified atom stereocenters. The number of H-pyrrole nitrogens is 1. The number of hydrogen-bond donors (Lipinski definition) is 3. The Morgan fingerprint density at radius 3 is 3.04 bits per heavy atom. The lowest BCUT2D eigenvalue weighted by Crippen LogP contribution is -2.44. The Balaban J connectivity index is 1.79. The summed E-state index contributed by atoms with van der Waals surface area (Å²) >= 11 is 6.90. The molecule has 2 heterocycles. The van der Waals surface area contributed by atoms with Crippen LogP contribution in [0, 0.1) is 10.7 Å².